The van der Waals surface area contributed by atoms with Gasteiger partial charge in [-0.3, -0.25) is 4.79 Å². The molecule has 0 aliphatic carbocycles. The van der Waals surface area contributed by atoms with Gasteiger partial charge in [0.25, 0.3) is 0 Å². The number of hydrogen-bond acceptors (Lipinski definition) is 4. The van der Waals surface area contributed by atoms with Gasteiger partial charge in [0.1, 0.15) is 6.07 Å². The number of nitrogens with two attached hydrogens (primary N) is 2. The van der Waals surface area contributed by atoms with Crippen LogP contribution in [0.4, 0.5) is 11.4 Å². The average Bonchev–Trinajstić information content (AvgIpc) is 2.20. The molecule has 5 nitrogen and oxygen atoms in total. The number of nitrogen functional groups attached to an aromatic ring is 1. The lowest BCUT2D eigenvalue weighted by atomic mass is 10.1. The maximum atomic E-state index is 10.5. The van der Waals surface area contributed by atoms with Gasteiger partial charge in [-0.2, -0.15) is 5.26 Å². The van der Waals surface area contributed by atoms with Gasteiger partial charge < -0.3 is 16.8 Å². The number of nitrogens with zero attached hydrogens (tertiary/aromatic N) is 1. The van der Waals surface area contributed by atoms with Crippen molar-refractivity contribution in [2.24, 2.45) is 5.73 Å². The number of amides is 1. The fraction of sp³-hybridized carbons (Fsp3) is 0.200. The van der Waals surface area contributed by atoms with Crippen molar-refractivity contribution in [2.75, 3.05) is 17.6 Å². The summed E-state index contributed by atoms with van der Waals surface area (Å²) in [6, 6.07) is 7.08. The lowest BCUT2D eigenvalue weighted by molar-refractivity contribution is -0.117. The third-order valence-electron chi connectivity index (χ3n) is 1.91. The van der Waals surface area contributed by atoms with E-state index in [2.05, 4.69) is 5.32 Å². The fourth-order valence-electron chi connectivity index (χ4n) is 1.14. The molecule has 0 aromatic heterocycles. The van der Waals surface area contributed by atoms with Crippen molar-refractivity contribution in [3.05, 3.63) is 23.8 Å². The highest BCUT2D eigenvalue weighted by Gasteiger charge is 2.03. The largest absolute Gasteiger partial charge is 0.396 e. The Hall–Kier alpha value is -2.22. The van der Waals surface area contributed by atoms with E-state index in [0.717, 1.165) is 0 Å². The highest BCUT2D eigenvalue weighted by molar-refractivity contribution is 5.76. The predicted molar refractivity (Wildman–Crippen MR) is 57.9 cm³/mol. The summed E-state index contributed by atoms with van der Waals surface area (Å²) in [4.78, 5) is 10.5. The van der Waals surface area contributed by atoms with Crippen LogP contribution >= 0.6 is 0 Å². The number of benzene rings is 1. The summed E-state index contributed by atoms with van der Waals surface area (Å²) in [6.45, 7) is 0.411. The minimum Gasteiger partial charge on any atom is -0.396 e. The molecule has 0 unspecified atom stereocenters. The van der Waals surface area contributed by atoms with Crippen LogP contribution < -0.4 is 16.8 Å². The second-order valence-corrected chi connectivity index (χ2v) is 3.02. The smallest absolute Gasteiger partial charge is 0.219 e. The van der Waals surface area contributed by atoms with Crippen LogP contribution in [0, 0.1) is 11.3 Å². The molecule has 0 aliphatic heterocycles. The Morgan fingerprint density at radius 2 is 2.27 bits per heavy atom. The van der Waals surface area contributed by atoms with Gasteiger partial charge >= 0.3 is 0 Å². The van der Waals surface area contributed by atoms with Crippen molar-refractivity contribution in [1.82, 2.24) is 0 Å². The number of carbonyl (C=O) groups is 1. The van der Waals surface area contributed by atoms with Crippen LogP contribution in [-0.4, -0.2) is 12.5 Å². The third kappa shape index (κ3) is 2.88. The highest BCUT2D eigenvalue weighted by Crippen LogP contribution is 2.21. The van der Waals surface area contributed by atoms with Crippen molar-refractivity contribution in [3.63, 3.8) is 0 Å². The Morgan fingerprint density at radius 3 is 2.87 bits per heavy atom. The molecular formula is C10H12N4O. The maximum Gasteiger partial charge on any atom is 0.219 e. The monoisotopic (exact) mass is 204 g/mol. The second kappa shape index (κ2) is 4.86. The lowest BCUT2D eigenvalue weighted by Crippen LogP contribution is -2.16. The molecule has 0 spiro atoms. The van der Waals surface area contributed by atoms with Crippen LogP contribution in [0.1, 0.15) is 12.0 Å². The molecule has 0 fully saturated rings. The first-order chi connectivity index (χ1) is 7.15. The van der Waals surface area contributed by atoms with Crippen LogP contribution in [-0.2, 0) is 4.79 Å². The Kier molecular flexibility index (Phi) is 3.52. The Balaban J connectivity index is 2.70. The summed E-state index contributed by atoms with van der Waals surface area (Å²) in [6.07, 6.45) is 0.232. The quantitative estimate of drug-likeness (QED) is 0.618. The van der Waals surface area contributed by atoms with E-state index in [1.807, 2.05) is 6.07 Å². The van der Waals surface area contributed by atoms with Gasteiger partial charge in [0.2, 0.25) is 5.91 Å². The van der Waals surface area contributed by atoms with Gasteiger partial charge in [-0.25, -0.2) is 0 Å². The fourth-order valence-corrected chi connectivity index (χ4v) is 1.14. The summed E-state index contributed by atoms with van der Waals surface area (Å²) in [5.41, 5.74) is 12.2. The second-order valence-electron chi connectivity index (χ2n) is 3.02. The summed E-state index contributed by atoms with van der Waals surface area (Å²) in [5, 5.41) is 11.7. The van der Waals surface area contributed by atoms with Gasteiger partial charge in [-0.15, -0.1) is 0 Å². The first-order valence-corrected chi connectivity index (χ1v) is 4.46. The van der Waals surface area contributed by atoms with E-state index < -0.39 is 0 Å². The number of nitriles is 1. The zero-order valence-electron chi connectivity index (χ0n) is 8.16. The van der Waals surface area contributed by atoms with Gasteiger partial charge in [0, 0.05) is 13.0 Å². The topological polar surface area (TPSA) is 105 Å². The normalized spacial score (nSPS) is 9.27. The van der Waals surface area contributed by atoms with E-state index in [9.17, 15) is 4.79 Å². The van der Waals surface area contributed by atoms with Crippen LogP contribution in [0.15, 0.2) is 18.2 Å². The van der Waals surface area contributed by atoms with Crippen molar-refractivity contribution in [1.29, 1.82) is 5.26 Å². The SMILES string of the molecule is N#Cc1cccc(NCCC(N)=O)c1N. The summed E-state index contributed by atoms with van der Waals surface area (Å²) in [7, 11) is 0. The van der Waals surface area contributed by atoms with Crippen molar-refractivity contribution in [3.8, 4) is 6.07 Å². The predicted octanol–water partition coefficient (Wildman–Crippen LogP) is 0.428. The molecule has 1 amide bonds. The molecule has 5 heteroatoms. The van der Waals surface area contributed by atoms with Crippen LogP contribution in [0.25, 0.3) is 0 Å². The van der Waals surface area contributed by atoms with E-state index in [1.54, 1.807) is 18.2 Å². The number of hydrogen-bond donors (Lipinski definition) is 3. The molecule has 1 rings (SSSR count). The van der Waals surface area contributed by atoms with Crippen LogP contribution in [0.2, 0.25) is 0 Å². The van der Waals surface area contributed by atoms with Gasteiger partial charge in [0.15, 0.2) is 0 Å². The molecule has 0 aliphatic rings. The standard InChI is InChI=1S/C10H12N4O/c11-6-7-2-1-3-8(10(7)13)14-5-4-9(12)15/h1-3,14H,4-5,13H2,(H2,12,15). The molecule has 78 valence electrons. The Labute approximate surface area is 87.7 Å². The van der Waals surface area contributed by atoms with Gasteiger partial charge in [-0.05, 0) is 12.1 Å². The molecule has 0 bridgehead atoms. The van der Waals surface area contributed by atoms with E-state index in [0.29, 0.717) is 23.5 Å². The molecule has 0 saturated carbocycles. The molecular weight excluding hydrogens is 192 g/mol. The van der Waals surface area contributed by atoms with Gasteiger partial charge in [0.05, 0.1) is 16.9 Å². The molecule has 0 heterocycles. The molecule has 1 aromatic carbocycles. The van der Waals surface area contributed by atoms with Crippen molar-refractivity contribution in [2.45, 2.75) is 6.42 Å². The number of carbonyl (C=O) groups excluding carboxylic acids is 1. The van der Waals surface area contributed by atoms with E-state index in [-0.39, 0.29) is 12.3 Å². The number of nitrogens with one attached hydrogen (secondary N) is 1. The van der Waals surface area contributed by atoms with E-state index in [4.69, 9.17) is 16.7 Å². The molecule has 15 heavy (non-hydrogen) atoms. The lowest BCUT2D eigenvalue weighted by Gasteiger charge is -2.08. The summed E-state index contributed by atoms with van der Waals surface area (Å²) in [5.74, 6) is -0.377. The van der Waals surface area contributed by atoms with Crippen molar-refractivity contribution < 1.29 is 4.79 Å². The third-order valence-corrected chi connectivity index (χ3v) is 1.91. The number of primary amides is 1. The molecule has 0 radical (unpaired) electrons. The highest BCUT2D eigenvalue weighted by atomic mass is 16.1. The number of para-hydroxylation sites is 1. The summed E-state index contributed by atoms with van der Waals surface area (Å²) >= 11 is 0. The molecule has 0 atom stereocenters. The zero-order valence-corrected chi connectivity index (χ0v) is 8.16. The van der Waals surface area contributed by atoms with Crippen LogP contribution in [0.3, 0.4) is 0 Å². The molecule has 1 aromatic rings. The number of rotatable bonds is 4. The average molecular weight is 204 g/mol. The Morgan fingerprint density at radius 1 is 1.53 bits per heavy atom. The van der Waals surface area contributed by atoms with Gasteiger partial charge in [-0.1, -0.05) is 6.07 Å². The first kappa shape index (κ1) is 10.9. The maximum absolute atomic E-state index is 10.5. The zero-order chi connectivity index (χ0) is 11.3. The van der Waals surface area contributed by atoms with E-state index in [1.165, 1.54) is 0 Å². The minimum absolute atomic E-state index is 0.232. The Bertz CT molecular complexity index is 408. The molecule has 0 saturated heterocycles. The number of anilines is 2. The van der Waals surface area contributed by atoms with E-state index >= 15 is 0 Å². The minimum atomic E-state index is -0.377. The van der Waals surface area contributed by atoms with Crippen LogP contribution in [0.5, 0.6) is 0 Å². The molecule has 5 N–H and O–H groups in total. The van der Waals surface area contributed by atoms with Crippen molar-refractivity contribution >= 4 is 17.3 Å². The first-order valence-electron chi connectivity index (χ1n) is 4.46. The summed E-state index contributed by atoms with van der Waals surface area (Å²) < 4.78 is 0.